The summed E-state index contributed by atoms with van der Waals surface area (Å²) in [5.41, 5.74) is 5.47. The van der Waals surface area contributed by atoms with Crippen LogP contribution < -0.4 is 11.1 Å². The predicted octanol–water partition coefficient (Wildman–Crippen LogP) is 0.0948. The average Bonchev–Trinajstić information content (AvgIpc) is 2.15. The van der Waals surface area contributed by atoms with Crippen molar-refractivity contribution in [2.24, 2.45) is 5.73 Å². The second kappa shape index (κ2) is 7.32. The molecule has 0 spiro atoms. The number of rotatable bonds is 7. The van der Waals surface area contributed by atoms with Crippen molar-refractivity contribution in [3.63, 3.8) is 0 Å². The van der Waals surface area contributed by atoms with Crippen LogP contribution in [0.25, 0.3) is 0 Å². The number of carbonyl (C=O) groups is 2. The molecule has 0 aliphatic heterocycles. The third-order valence-electron chi connectivity index (χ3n) is 1.89. The maximum Gasteiger partial charge on any atom is 0.303 e. The zero-order chi connectivity index (χ0) is 11.0. The number of nitrogens with two attached hydrogens (primary N) is 1. The highest BCUT2D eigenvalue weighted by atomic mass is 16.4. The van der Waals surface area contributed by atoms with E-state index < -0.39 is 12.0 Å². The highest BCUT2D eigenvalue weighted by molar-refractivity contribution is 5.81. The number of amides is 1. The summed E-state index contributed by atoms with van der Waals surface area (Å²) >= 11 is 0. The van der Waals surface area contributed by atoms with Crippen molar-refractivity contribution in [1.29, 1.82) is 0 Å². The average molecular weight is 202 g/mol. The van der Waals surface area contributed by atoms with Crippen LogP contribution in [0.15, 0.2) is 0 Å². The number of nitrogens with one attached hydrogen (secondary N) is 1. The van der Waals surface area contributed by atoms with Gasteiger partial charge in [0, 0.05) is 13.0 Å². The molecule has 0 heterocycles. The van der Waals surface area contributed by atoms with E-state index in [1.807, 2.05) is 6.92 Å². The Balaban J connectivity index is 3.36. The van der Waals surface area contributed by atoms with Crippen molar-refractivity contribution in [2.45, 2.75) is 38.6 Å². The standard InChI is InChI=1S/C9H18N2O3/c1-2-7(10)9(14)11-6-4-3-5-8(12)13/h7H,2-6,10H2,1H3,(H,11,14)(H,12,13)/t7-/m1/s1. The number of carboxylic acids is 1. The van der Waals surface area contributed by atoms with Gasteiger partial charge in [0.25, 0.3) is 0 Å². The van der Waals surface area contributed by atoms with Crippen LogP contribution in [0.3, 0.4) is 0 Å². The Morgan fingerprint density at radius 2 is 2.07 bits per heavy atom. The van der Waals surface area contributed by atoms with Crippen LogP contribution in [0, 0.1) is 0 Å². The van der Waals surface area contributed by atoms with Crippen molar-refractivity contribution in [2.75, 3.05) is 6.54 Å². The largest absolute Gasteiger partial charge is 0.481 e. The molecule has 0 aliphatic rings. The molecular formula is C9H18N2O3. The van der Waals surface area contributed by atoms with Gasteiger partial charge in [-0.3, -0.25) is 9.59 Å². The fraction of sp³-hybridized carbons (Fsp3) is 0.778. The molecule has 0 saturated carbocycles. The van der Waals surface area contributed by atoms with Gasteiger partial charge in [-0.05, 0) is 19.3 Å². The normalized spacial score (nSPS) is 12.1. The van der Waals surface area contributed by atoms with E-state index in [1.165, 1.54) is 0 Å². The van der Waals surface area contributed by atoms with Gasteiger partial charge < -0.3 is 16.2 Å². The van der Waals surface area contributed by atoms with E-state index in [0.717, 1.165) is 0 Å². The van der Waals surface area contributed by atoms with Crippen LogP contribution in [0.4, 0.5) is 0 Å². The Kier molecular flexibility index (Phi) is 6.74. The number of unbranched alkanes of at least 4 members (excludes halogenated alkanes) is 1. The van der Waals surface area contributed by atoms with E-state index >= 15 is 0 Å². The van der Waals surface area contributed by atoms with Crippen LogP contribution in [-0.4, -0.2) is 29.6 Å². The molecule has 0 aromatic carbocycles. The lowest BCUT2D eigenvalue weighted by molar-refractivity contribution is -0.137. The Hall–Kier alpha value is -1.10. The van der Waals surface area contributed by atoms with Gasteiger partial charge in [0.2, 0.25) is 5.91 Å². The van der Waals surface area contributed by atoms with Crippen LogP contribution in [-0.2, 0) is 9.59 Å². The summed E-state index contributed by atoms with van der Waals surface area (Å²) in [6.07, 6.45) is 2.02. The Morgan fingerprint density at radius 1 is 1.43 bits per heavy atom. The summed E-state index contributed by atoms with van der Waals surface area (Å²) in [6, 6.07) is -0.450. The first-order valence-electron chi connectivity index (χ1n) is 4.83. The van der Waals surface area contributed by atoms with Crippen LogP contribution in [0.5, 0.6) is 0 Å². The van der Waals surface area contributed by atoms with Gasteiger partial charge in [0.1, 0.15) is 0 Å². The zero-order valence-electron chi connectivity index (χ0n) is 8.45. The number of aliphatic carboxylic acids is 1. The van der Waals surface area contributed by atoms with Gasteiger partial charge in [0.15, 0.2) is 0 Å². The van der Waals surface area contributed by atoms with Gasteiger partial charge in [-0.1, -0.05) is 6.92 Å². The van der Waals surface area contributed by atoms with Crippen molar-refractivity contribution in [1.82, 2.24) is 5.32 Å². The molecule has 0 saturated heterocycles. The Labute approximate surface area is 83.7 Å². The highest BCUT2D eigenvalue weighted by Gasteiger charge is 2.09. The molecule has 5 nitrogen and oxygen atoms in total. The topological polar surface area (TPSA) is 92.4 Å². The van der Waals surface area contributed by atoms with Gasteiger partial charge in [-0.15, -0.1) is 0 Å². The lowest BCUT2D eigenvalue weighted by Gasteiger charge is -2.09. The van der Waals surface area contributed by atoms with Crippen LogP contribution in [0.1, 0.15) is 32.6 Å². The highest BCUT2D eigenvalue weighted by Crippen LogP contribution is 1.94. The maximum atomic E-state index is 11.1. The van der Waals surface area contributed by atoms with E-state index in [9.17, 15) is 9.59 Å². The molecule has 0 aliphatic carbocycles. The van der Waals surface area contributed by atoms with Gasteiger partial charge >= 0.3 is 5.97 Å². The third kappa shape index (κ3) is 6.42. The first-order valence-corrected chi connectivity index (χ1v) is 4.83. The quantitative estimate of drug-likeness (QED) is 0.510. The van der Waals surface area contributed by atoms with Crippen molar-refractivity contribution < 1.29 is 14.7 Å². The smallest absolute Gasteiger partial charge is 0.303 e. The first-order chi connectivity index (χ1) is 6.57. The minimum atomic E-state index is -0.804. The van der Waals surface area contributed by atoms with Crippen molar-refractivity contribution in [3.05, 3.63) is 0 Å². The molecule has 0 fully saturated rings. The molecule has 0 radical (unpaired) electrons. The molecule has 1 amide bonds. The lowest BCUT2D eigenvalue weighted by Crippen LogP contribution is -2.40. The molecule has 0 rings (SSSR count). The molecule has 14 heavy (non-hydrogen) atoms. The second-order valence-electron chi connectivity index (χ2n) is 3.16. The second-order valence-corrected chi connectivity index (χ2v) is 3.16. The molecule has 0 unspecified atom stereocenters. The van der Waals surface area contributed by atoms with Crippen LogP contribution >= 0.6 is 0 Å². The molecule has 0 aromatic rings. The molecule has 82 valence electrons. The van der Waals surface area contributed by atoms with Gasteiger partial charge in [-0.2, -0.15) is 0 Å². The zero-order valence-corrected chi connectivity index (χ0v) is 8.45. The summed E-state index contributed by atoms with van der Waals surface area (Å²) in [7, 11) is 0. The first kappa shape index (κ1) is 12.9. The van der Waals surface area contributed by atoms with Crippen molar-refractivity contribution >= 4 is 11.9 Å². The van der Waals surface area contributed by atoms with Gasteiger partial charge in [-0.25, -0.2) is 0 Å². The Morgan fingerprint density at radius 3 is 2.57 bits per heavy atom. The summed E-state index contributed by atoms with van der Waals surface area (Å²) < 4.78 is 0. The molecule has 0 aromatic heterocycles. The van der Waals surface area contributed by atoms with E-state index in [1.54, 1.807) is 0 Å². The number of carbonyl (C=O) groups excluding carboxylic acids is 1. The fourth-order valence-electron chi connectivity index (χ4n) is 0.929. The van der Waals surface area contributed by atoms with Crippen molar-refractivity contribution in [3.8, 4) is 0 Å². The summed E-state index contributed by atoms with van der Waals surface area (Å²) in [5.74, 6) is -0.968. The predicted molar refractivity (Wildman–Crippen MR) is 52.8 cm³/mol. The fourth-order valence-corrected chi connectivity index (χ4v) is 0.929. The van der Waals surface area contributed by atoms with E-state index in [0.29, 0.717) is 25.8 Å². The summed E-state index contributed by atoms with van der Waals surface area (Å²) in [5, 5.41) is 11.0. The van der Waals surface area contributed by atoms with Gasteiger partial charge in [0.05, 0.1) is 6.04 Å². The molecule has 0 bridgehead atoms. The van der Waals surface area contributed by atoms with Crippen LogP contribution in [0.2, 0.25) is 0 Å². The number of hydrogen-bond donors (Lipinski definition) is 3. The summed E-state index contributed by atoms with van der Waals surface area (Å²) in [4.78, 5) is 21.3. The monoisotopic (exact) mass is 202 g/mol. The minimum absolute atomic E-state index is 0.149. The van der Waals surface area contributed by atoms with E-state index in [2.05, 4.69) is 5.32 Å². The molecule has 4 N–H and O–H groups in total. The maximum absolute atomic E-state index is 11.1. The minimum Gasteiger partial charge on any atom is -0.481 e. The molecule has 5 heteroatoms. The number of carboxylic acid groups (broad SMARTS) is 1. The third-order valence-corrected chi connectivity index (χ3v) is 1.89. The Bertz CT molecular complexity index is 194. The molecule has 1 atom stereocenters. The SMILES string of the molecule is CC[C@@H](N)C(=O)NCCCCC(=O)O. The van der Waals surface area contributed by atoms with E-state index in [4.69, 9.17) is 10.8 Å². The van der Waals surface area contributed by atoms with E-state index in [-0.39, 0.29) is 12.3 Å². The number of hydrogen-bond acceptors (Lipinski definition) is 3. The lowest BCUT2D eigenvalue weighted by atomic mass is 10.2. The molecular weight excluding hydrogens is 184 g/mol. The summed E-state index contributed by atoms with van der Waals surface area (Å²) in [6.45, 7) is 2.34.